The summed E-state index contributed by atoms with van der Waals surface area (Å²) in [5, 5.41) is 7.21. The number of aromatic nitrogens is 3. The molecule has 2 aromatic rings. The van der Waals surface area contributed by atoms with E-state index in [0.717, 1.165) is 6.42 Å². The van der Waals surface area contributed by atoms with Crippen LogP contribution in [-0.2, 0) is 27.8 Å². The molecule has 1 aliphatic rings. The number of rotatable bonds is 6. The molecule has 1 fully saturated rings. The smallest absolute Gasteiger partial charge is 0.228 e. The minimum atomic E-state index is -3.18. The lowest BCUT2D eigenvalue weighted by atomic mass is 9.97. The molecule has 140 valence electrons. The molecule has 0 radical (unpaired) electrons. The summed E-state index contributed by atoms with van der Waals surface area (Å²) >= 11 is 0. The molecule has 3 heterocycles. The summed E-state index contributed by atoms with van der Waals surface area (Å²) in [6.45, 7) is 1.49. The summed E-state index contributed by atoms with van der Waals surface area (Å²) in [4.78, 5) is 16.4. The van der Waals surface area contributed by atoms with Crippen molar-refractivity contribution >= 4 is 21.7 Å². The number of hydrogen-bond donors (Lipinski definition) is 1. The topological polar surface area (TPSA) is 97.2 Å². The Morgan fingerprint density at radius 2 is 1.92 bits per heavy atom. The summed E-state index contributed by atoms with van der Waals surface area (Å²) in [5.41, 5.74) is 1.18. The second kappa shape index (κ2) is 7.96. The van der Waals surface area contributed by atoms with Crippen molar-refractivity contribution in [3.63, 3.8) is 0 Å². The Morgan fingerprint density at radius 3 is 2.58 bits per heavy atom. The highest BCUT2D eigenvalue weighted by molar-refractivity contribution is 7.88. The largest absolute Gasteiger partial charge is 0.309 e. The van der Waals surface area contributed by atoms with Crippen LogP contribution in [0.2, 0.25) is 0 Å². The van der Waals surface area contributed by atoms with Gasteiger partial charge in [0, 0.05) is 50.2 Å². The number of hydrogen-bond acceptors (Lipinski definition) is 5. The van der Waals surface area contributed by atoms with Crippen molar-refractivity contribution in [3.05, 3.63) is 42.4 Å². The fraction of sp³-hybridized carbons (Fsp3) is 0.471. The van der Waals surface area contributed by atoms with E-state index in [2.05, 4.69) is 15.4 Å². The van der Waals surface area contributed by atoms with Gasteiger partial charge in [0.15, 0.2) is 5.82 Å². The summed E-state index contributed by atoms with van der Waals surface area (Å²) in [6.07, 6.45) is 8.46. The SMILES string of the molecule is CS(=O)(=O)N1CCC(C(=O)Nc2ccn(CCc3ccncc3)n2)CC1. The highest BCUT2D eigenvalue weighted by atomic mass is 32.2. The molecule has 0 atom stereocenters. The lowest BCUT2D eigenvalue weighted by Crippen LogP contribution is -2.40. The molecule has 1 amide bonds. The van der Waals surface area contributed by atoms with Crippen LogP contribution in [-0.4, -0.2) is 52.7 Å². The number of nitrogens with zero attached hydrogens (tertiary/aromatic N) is 4. The third-order valence-corrected chi connectivity index (χ3v) is 5.87. The lowest BCUT2D eigenvalue weighted by molar-refractivity contribution is -0.120. The van der Waals surface area contributed by atoms with Gasteiger partial charge in [0.2, 0.25) is 15.9 Å². The molecule has 0 aliphatic carbocycles. The molecule has 3 rings (SSSR count). The molecule has 0 saturated carbocycles. The van der Waals surface area contributed by atoms with Gasteiger partial charge in [0.25, 0.3) is 0 Å². The van der Waals surface area contributed by atoms with E-state index in [1.807, 2.05) is 18.3 Å². The average Bonchev–Trinajstić information content (AvgIpc) is 3.07. The van der Waals surface area contributed by atoms with E-state index in [0.29, 0.717) is 38.3 Å². The Balaban J connectivity index is 1.49. The zero-order valence-corrected chi connectivity index (χ0v) is 15.5. The number of nitrogens with one attached hydrogen (secondary N) is 1. The first-order valence-corrected chi connectivity index (χ1v) is 10.4. The second-order valence-corrected chi connectivity index (χ2v) is 8.48. The van der Waals surface area contributed by atoms with Crippen LogP contribution in [0, 0.1) is 5.92 Å². The van der Waals surface area contributed by atoms with E-state index in [9.17, 15) is 13.2 Å². The molecular weight excluding hydrogens is 354 g/mol. The molecule has 1 aliphatic heterocycles. The van der Waals surface area contributed by atoms with Crippen molar-refractivity contribution in [3.8, 4) is 0 Å². The van der Waals surface area contributed by atoms with Gasteiger partial charge in [-0.3, -0.25) is 14.5 Å². The third-order valence-electron chi connectivity index (χ3n) is 4.56. The average molecular weight is 377 g/mol. The fourth-order valence-electron chi connectivity index (χ4n) is 3.02. The third kappa shape index (κ3) is 4.89. The Hall–Kier alpha value is -2.26. The van der Waals surface area contributed by atoms with Gasteiger partial charge < -0.3 is 5.32 Å². The second-order valence-electron chi connectivity index (χ2n) is 6.50. The Kier molecular flexibility index (Phi) is 5.67. The first-order chi connectivity index (χ1) is 12.4. The van der Waals surface area contributed by atoms with Gasteiger partial charge in [-0.2, -0.15) is 5.10 Å². The maximum atomic E-state index is 12.4. The molecular formula is C17H23N5O3S. The maximum absolute atomic E-state index is 12.4. The molecule has 9 heteroatoms. The number of carbonyl (C=O) groups excluding carboxylic acids is 1. The van der Waals surface area contributed by atoms with Crippen LogP contribution >= 0.6 is 0 Å². The molecule has 8 nitrogen and oxygen atoms in total. The van der Waals surface area contributed by atoms with Crippen LogP contribution < -0.4 is 5.32 Å². The number of carbonyl (C=O) groups is 1. The number of sulfonamides is 1. The maximum Gasteiger partial charge on any atom is 0.228 e. The molecule has 2 aromatic heterocycles. The minimum absolute atomic E-state index is 0.0995. The van der Waals surface area contributed by atoms with Crippen molar-refractivity contribution in [2.24, 2.45) is 5.92 Å². The van der Waals surface area contributed by atoms with Crippen LogP contribution in [0.15, 0.2) is 36.8 Å². The number of anilines is 1. The van der Waals surface area contributed by atoms with E-state index >= 15 is 0 Å². The Morgan fingerprint density at radius 1 is 1.23 bits per heavy atom. The molecule has 0 spiro atoms. The first kappa shape index (κ1) is 18.5. The van der Waals surface area contributed by atoms with E-state index in [4.69, 9.17) is 0 Å². The summed E-state index contributed by atoms with van der Waals surface area (Å²) in [5.74, 6) is 0.239. The number of piperidine rings is 1. The van der Waals surface area contributed by atoms with Crippen LogP contribution in [0.5, 0.6) is 0 Å². The van der Waals surface area contributed by atoms with Gasteiger partial charge in [0.1, 0.15) is 0 Å². The molecule has 0 bridgehead atoms. The van der Waals surface area contributed by atoms with Crippen LogP contribution in [0.25, 0.3) is 0 Å². The summed E-state index contributed by atoms with van der Waals surface area (Å²) < 4.78 is 26.3. The molecule has 0 unspecified atom stereocenters. The predicted molar refractivity (Wildman–Crippen MR) is 97.9 cm³/mol. The lowest BCUT2D eigenvalue weighted by Gasteiger charge is -2.29. The number of pyridine rings is 1. The fourth-order valence-corrected chi connectivity index (χ4v) is 3.90. The molecule has 26 heavy (non-hydrogen) atoms. The number of amides is 1. The van der Waals surface area contributed by atoms with Gasteiger partial charge in [-0.1, -0.05) is 0 Å². The Bertz CT molecular complexity index is 842. The zero-order chi connectivity index (χ0) is 18.6. The summed E-state index contributed by atoms with van der Waals surface area (Å²) in [6, 6.07) is 5.71. The Labute approximate surface area is 153 Å². The van der Waals surface area contributed by atoms with E-state index in [1.165, 1.54) is 16.1 Å². The van der Waals surface area contributed by atoms with Gasteiger partial charge in [-0.25, -0.2) is 12.7 Å². The normalized spacial score (nSPS) is 16.5. The minimum Gasteiger partial charge on any atom is -0.309 e. The molecule has 1 saturated heterocycles. The predicted octanol–water partition coefficient (Wildman–Crippen LogP) is 1.13. The van der Waals surface area contributed by atoms with Crippen molar-refractivity contribution in [1.29, 1.82) is 0 Å². The molecule has 1 N–H and O–H groups in total. The van der Waals surface area contributed by atoms with Gasteiger partial charge in [-0.05, 0) is 37.0 Å². The van der Waals surface area contributed by atoms with Crippen molar-refractivity contribution < 1.29 is 13.2 Å². The van der Waals surface area contributed by atoms with Crippen LogP contribution in [0.1, 0.15) is 18.4 Å². The van der Waals surface area contributed by atoms with E-state index < -0.39 is 10.0 Å². The van der Waals surface area contributed by atoms with Crippen molar-refractivity contribution in [2.75, 3.05) is 24.7 Å². The summed E-state index contributed by atoms with van der Waals surface area (Å²) in [7, 11) is -3.18. The van der Waals surface area contributed by atoms with Gasteiger partial charge in [-0.15, -0.1) is 0 Å². The van der Waals surface area contributed by atoms with Gasteiger partial charge >= 0.3 is 0 Å². The van der Waals surface area contributed by atoms with E-state index in [1.54, 1.807) is 23.1 Å². The van der Waals surface area contributed by atoms with Crippen LogP contribution in [0.4, 0.5) is 5.82 Å². The quantitative estimate of drug-likeness (QED) is 0.814. The zero-order valence-electron chi connectivity index (χ0n) is 14.7. The van der Waals surface area contributed by atoms with Crippen molar-refractivity contribution in [1.82, 2.24) is 19.1 Å². The highest BCUT2D eigenvalue weighted by Gasteiger charge is 2.29. The standard InChI is InChI=1S/C17H23N5O3S/c1-26(24,25)22-12-5-15(6-13-22)17(23)19-16-7-11-21(20-16)10-4-14-2-8-18-9-3-14/h2-3,7-9,11,15H,4-6,10,12-13H2,1H3,(H,19,20,23). The highest BCUT2D eigenvalue weighted by Crippen LogP contribution is 2.20. The number of aryl methyl sites for hydroxylation is 2. The van der Waals surface area contributed by atoms with Crippen LogP contribution in [0.3, 0.4) is 0 Å². The van der Waals surface area contributed by atoms with E-state index in [-0.39, 0.29) is 11.8 Å². The monoisotopic (exact) mass is 377 g/mol. The van der Waals surface area contributed by atoms with Gasteiger partial charge in [0.05, 0.1) is 6.26 Å². The van der Waals surface area contributed by atoms with Crippen molar-refractivity contribution in [2.45, 2.75) is 25.8 Å². The molecule has 0 aromatic carbocycles. The first-order valence-electron chi connectivity index (χ1n) is 8.60.